The zero-order valence-electron chi connectivity index (χ0n) is 12.0. The fourth-order valence-corrected chi connectivity index (χ4v) is 1.78. The van der Waals surface area contributed by atoms with Gasteiger partial charge in [0.05, 0.1) is 6.61 Å². The van der Waals surface area contributed by atoms with Crippen molar-refractivity contribution >= 4 is 17.6 Å². The van der Waals surface area contributed by atoms with Crippen LogP contribution in [0.3, 0.4) is 0 Å². The molecule has 0 spiro atoms. The molecular formula is C14H19N5O. The van der Waals surface area contributed by atoms with Crippen LogP contribution in [0.25, 0.3) is 0 Å². The molecule has 0 aliphatic heterocycles. The van der Waals surface area contributed by atoms with Gasteiger partial charge in [-0.25, -0.2) is 0 Å². The van der Waals surface area contributed by atoms with Gasteiger partial charge in [-0.15, -0.1) is 0 Å². The third-order valence-corrected chi connectivity index (χ3v) is 2.93. The van der Waals surface area contributed by atoms with Gasteiger partial charge in [-0.1, -0.05) is 19.1 Å². The number of nitrogen functional groups attached to an aromatic ring is 1. The van der Waals surface area contributed by atoms with E-state index in [0.717, 1.165) is 12.1 Å². The second-order valence-corrected chi connectivity index (χ2v) is 4.29. The molecule has 0 saturated heterocycles. The lowest BCUT2D eigenvalue weighted by atomic mass is 10.1. The zero-order chi connectivity index (χ0) is 14.5. The monoisotopic (exact) mass is 273 g/mol. The highest BCUT2D eigenvalue weighted by Gasteiger charge is 2.11. The maximum absolute atomic E-state index is 5.68. The maximum Gasteiger partial charge on any atom is 0.323 e. The minimum Gasteiger partial charge on any atom is -0.464 e. The summed E-state index contributed by atoms with van der Waals surface area (Å²) in [5.74, 6) is 0.612. The van der Waals surface area contributed by atoms with Crippen molar-refractivity contribution in [2.24, 2.45) is 0 Å². The SMILES string of the molecule is CCOc1nc(N)nc(N(C)c2ccc(CC)cc2)n1. The zero-order valence-corrected chi connectivity index (χ0v) is 12.0. The number of rotatable bonds is 5. The lowest BCUT2D eigenvalue weighted by Gasteiger charge is -2.18. The van der Waals surface area contributed by atoms with Gasteiger partial charge < -0.3 is 15.4 Å². The summed E-state index contributed by atoms with van der Waals surface area (Å²) < 4.78 is 5.28. The van der Waals surface area contributed by atoms with Crippen LogP contribution in [0.4, 0.5) is 17.6 Å². The van der Waals surface area contributed by atoms with Gasteiger partial charge in [0, 0.05) is 12.7 Å². The Bertz CT molecular complexity index is 570. The Balaban J connectivity index is 2.29. The predicted molar refractivity (Wildman–Crippen MR) is 79.3 cm³/mol. The van der Waals surface area contributed by atoms with Crippen LogP contribution in [-0.4, -0.2) is 28.6 Å². The molecule has 0 radical (unpaired) electrons. The van der Waals surface area contributed by atoms with Gasteiger partial charge in [0.1, 0.15) is 0 Å². The standard InChI is InChI=1S/C14H19N5O/c1-4-10-6-8-11(9-7-10)19(3)13-16-12(15)17-14(18-13)20-5-2/h6-9H,4-5H2,1-3H3,(H2,15,16,17,18). The highest BCUT2D eigenvalue weighted by Crippen LogP contribution is 2.22. The van der Waals surface area contributed by atoms with E-state index in [1.54, 1.807) is 0 Å². The first-order valence-electron chi connectivity index (χ1n) is 6.61. The minimum absolute atomic E-state index is 0.149. The van der Waals surface area contributed by atoms with Crippen molar-refractivity contribution in [3.05, 3.63) is 29.8 Å². The first kappa shape index (κ1) is 14.0. The van der Waals surface area contributed by atoms with E-state index in [-0.39, 0.29) is 12.0 Å². The van der Waals surface area contributed by atoms with Crippen molar-refractivity contribution in [2.45, 2.75) is 20.3 Å². The summed E-state index contributed by atoms with van der Waals surface area (Å²) >= 11 is 0. The molecule has 1 heterocycles. The molecule has 1 aromatic carbocycles. The second kappa shape index (κ2) is 6.18. The van der Waals surface area contributed by atoms with E-state index in [4.69, 9.17) is 10.5 Å². The molecule has 2 N–H and O–H groups in total. The Morgan fingerprint density at radius 1 is 1.10 bits per heavy atom. The fourth-order valence-electron chi connectivity index (χ4n) is 1.78. The van der Waals surface area contributed by atoms with E-state index < -0.39 is 0 Å². The fraction of sp³-hybridized carbons (Fsp3) is 0.357. The van der Waals surface area contributed by atoms with E-state index in [1.807, 2.05) is 31.0 Å². The highest BCUT2D eigenvalue weighted by atomic mass is 16.5. The lowest BCUT2D eigenvalue weighted by molar-refractivity contribution is 0.312. The number of hydrogen-bond acceptors (Lipinski definition) is 6. The van der Waals surface area contributed by atoms with Crippen molar-refractivity contribution < 1.29 is 4.74 Å². The van der Waals surface area contributed by atoms with Crippen molar-refractivity contribution in [1.29, 1.82) is 0 Å². The van der Waals surface area contributed by atoms with Crippen LogP contribution in [0.5, 0.6) is 6.01 Å². The molecule has 0 amide bonds. The normalized spacial score (nSPS) is 10.3. The minimum atomic E-state index is 0.149. The quantitative estimate of drug-likeness (QED) is 0.899. The van der Waals surface area contributed by atoms with Crippen molar-refractivity contribution in [1.82, 2.24) is 15.0 Å². The topological polar surface area (TPSA) is 77.2 Å². The highest BCUT2D eigenvalue weighted by molar-refractivity contribution is 5.57. The van der Waals surface area contributed by atoms with Gasteiger partial charge >= 0.3 is 6.01 Å². The number of nitrogens with zero attached hydrogens (tertiary/aromatic N) is 4. The molecule has 0 atom stereocenters. The first-order valence-corrected chi connectivity index (χ1v) is 6.61. The van der Waals surface area contributed by atoms with Crippen molar-refractivity contribution in [3.8, 4) is 6.01 Å². The Labute approximate surface area is 118 Å². The third-order valence-electron chi connectivity index (χ3n) is 2.93. The number of aromatic nitrogens is 3. The molecule has 0 aliphatic rings. The van der Waals surface area contributed by atoms with Crippen LogP contribution in [0.2, 0.25) is 0 Å². The molecule has 6 nitrogen and oxygen atoms in total. The molecule has 6 heteroatoms. The Morgan fingerprint density at radius 2 is 1.80 bits per heavy atom. The van der Waals surface area contributed by atoms with Crippen LogP contribution in [0.1, 0.15) is 19.4 Å². The Kier molecular flexibility index (Phi) is 4.34. The molecule has 0 aliphatic carbocycles. The van der Waals surface area contributed by atoms with Crippen LogP contribution < -0.4 is 15.4 Å². The molecule has 0 bridgehead atoms. The van der Waals surface area contributed by atoms with Crippen LogP contribution in [-0.2, 0) is 6.42 Å². The third kappa shape index (κ3) is 3.14. The molecule has 0 saturated carbocycles. The summed E-state index contributed by atoms with van der Waals surface area (Å²) in [6.45, 7) is 4.48. The molecule has 2 aromatic rings. The Hall–Kier alpha value is -2.37. The molecule has 2 rings (SSSR count). The molecule has 0 fully saturated rings. The molecule has 0 unspecified atom stereocenters. The summed E-state index contributed by atoms with van der Waals surface area (Å²) in [7, 11) is 1.88. The first-order chi connectivity index (χ1) is 9.63. The number of hydrogen-bond donors (Lipinski definition) is 1. The lowest BCUT2D eigenvalue weighted by Crippen LogP contribution is -2.15. The van der Waals surface area contributed by atoms with Gasteiger partial charge in [0.2, 0.25) is 11.9 Å². The van der Waals surface area contributed by atoms with Crippen molar-refractivity contribution in [2.75, 3.05) is 24.3 Å². The summed E-state index contributed by atoms with van der Waals surface area (Å²) in [5, 5.41) is 0. The van der Waals surface area contributed by atoms with Gasteiger partial charge in [0.25, 0.3) is 0 Å². The average molecular weight is 273 g/mol. The smallest absolute Gasteiger partial charge is 0.323 e. The number of ether oxygens (including phenoxy) is 1. The average Bonchev–Trinajstić information content (AvgIpc) is 2.46. The number of anilines is 3. The summed E-state index contributed by atoms with van der Waals surface area (Å²) in [4.78, 5) is 14.2. The molecule has 20 heavy (non-hydrogen) atoms. The molecule has 106 valence electrons. The summed E-state index contributed by atoms with van der Waals surface area (Å²) in [6.07, 6.45) is 1.01. The number of benzene rings is 1. The van der Waals surface area contributed by atoms with Crippen LogP contribution in [0.15, 0.2) is 24.3 Å². The summed E-state index contributed by atoms with van der Waals surface area (Å²) in [6, 6.07) is 8.46. The summed E-state index contributed by atoms with van der Waals surface area (Å²) in [5.41, 5.74) is 7.95. The van der Waals surface area contributed by atoms with Gasteiger partial charge in [0.15, 0.2) is 0 Å². The number of nitrogens with two attached hydrogens (primary N) is 1. The van der Waals surface area contributed by atoms with Gasteiger partial charge in [-0.05, 0) is 31.0 Å². The van der Waals surface area contributed by atoms with E-state index in [9.17, 15) is 0 Å². The van der Waals surface area contributed by atoms with E-state index in [1.165, 1.54) is 5.56 Å². The van der Waals surface area contributed by atoms with Gasteiger partial charge in [-0.2, -0.15) is 15.0 Å². The van der Waals surface area contributed by atoms with Gasteiger partial charge in [-0.3, -0.25) is 0 Å². The molecular weight excluding hydrogens is 254 g/mol. The van der Waals surface area contributed by atoms with Crippen LogP contribution >= 0.6 is 0 Å². The maximum atomic E-state index is 5.68. The van der Waals surface area contributed by atoms with Crippen LogP contribution in [0, 0.1) is 0 Å². The van der Waals surface area contributed by atoms with E-state index >= 15 is 0 Å². The largest absolute Gasteiger partial charge is 0.464 e. The van der Waals surface area contributed by atoms with E-state index in [0.29, 0.717) is 12.6 Å². The van der Waals surface area contributed by atoms with Crippen molar-refractivity contribution in [3.63, 3.8) is 0 Å². The second-order valence-electron chi connectivity index (χ2n) is 4.29. The Morgan fingerprint density at radius 3 is 2.40 bits per heavy atom. The number of aryl methyl sites for hydroxylation is 1. The van der Waals surface area contributed by atoms with E-state index in [2.05, 4.69) is 34.0 Å². The predicted octanol–water partition coefficient (Wildman–Crippen LogP) is 2.18. The molecule has 1 aromatic heterocycles.